The molecule has 0 spiro atoms. The third-order valence-corrected chi connectivity index (χ3v) is 5.32. The smallest absolute Gasteiger partial charge is 0.227 e. The number of carbonyl (C=O) groups excluding carboxylic acids is 1. The molecule has 30 heavy (non-hydrogen) atoms. The molecule has 156 valence electrons. The summed E-state index contributed by atoms with van der Waals surface area (Å²) in [6, 6.07) is 17.2. The van der Waals surface area contributed by atoms with E-state index in [1.807, 2.05) is 19.1 Å². The second-order valence-electron chi connectivity index (χ2n) is 7.61. The molecule has 1 N–H and O–H groups in total. The van der Waals surface area contributed by atoms with E-state index in [9.17, 15) is 9.18 Å². The van der Waals surface area contributed by atoms with Crippen LogP contribution in [0, 0.1) is 18.7 Å². The van der Waals surface area contributed by atoms with Crippen LogP contribution in [0.4, 0.5) is 10.1 Å². The maximum atomic E-state index is 13.7. The number of benzene rings is 2. The van der Waals surface area contributed by atoms with Crippen molar-refractivity contribution in [3.63, 3.8) is 0 Å². The highest BCUT2D eigenvalue weighted by atomic mass is 19.1. The summed E-state index contributed by atoms with van der Waals surface area (Å²) in [7, 11) is 0. The normalized spacial score (nSPS) is 15.1. The van der Waals surface area contributed by atoms with Gasteiger partial charge >= 0.3 is 0 Å². The highest BCUT2D eigenvalue weighted by Gasteiger charge is 2.25. The number of ether oxygens (including phenoxy) is 1. The number of piperidine rings is 1. The van der Waals surface area contributed by atoms with Crippen molar-refractivity contribution in [1.29, 1.82) is 0 Å². The Morgan fingerprint density at radius 2 is 1.83 bits per heavy atom. The van der Waals surface area contributed by atoms with Crippen LogP contribution in [0.25, 0.3) is 0 Å². The van der Waals surface area contributed by atoms with Crippen molar-refractivity contribution >= 4 is 11.6 Å². The topological polar surface area (TPSA) is 54.7 Å². The molecule has 1 saturated heterocycles. The van der Waals surface area contributed by atoms with Gasteiger partial charge < -0.3 is 14.5 Å². The van der Waals surface area contributed by atoms with Crippen LogP contribution in [0.15, 0.2) is 65.1 Å². The molecular formula is C24H25FN2O3. The number of anilines is 1. The zero-order valence-electron chi connectivity index (χ0n) is 16.9. The van der Waals surface area contributed by atoms with Gasteiger partial charge in [-0.2, -0.15) is 0 Å². The summed E-state index contributed by atoms with van der Waals surface area (Å²) in [5, 5.41) is 2.98. The standard InChI is InChI=1S/C24H25FN2O3/c1-17-6-9-21(29-17)16-27-14-12-18(13-15-27)24(28)26-19-7-10-20(11-8-19)30-23-5-3-2-4-22(23)25/h2-11,18H,12-16H2,1H3,(H,26,28). The van der Waals surface area contributed by atoms with E-state index >= 15 is 0 Å². The molecule has 0 bridgehead atoms. The maximum absolute atomic E-state index is 13.7. The van der Waals surface area contributed by atoms with Crippen LogP contribution in [0.1, 0.15) is 24.4 Å². The number of furan rings is 1. The minimum atomic E-state index is -0.414. The number of hydrogen-bond acceptors (Lipinski definition) is 4. The predicted octanol–water partition coefficient (Wildman–Crippen LogP) is 5.37. The first-order valence-corrected chi connectivity index (χ1v) is 10.2. The van der Waals surface area contributed by atoms with Gasteiger partial charge in [0.25, 0.3) is 0 Å². The van der Waals surface area contributed by atoms with Gasteiger partial charge in [0.05, 0.1) is 6.54 Å². The van der Waals surface area contributed by atoms with E-state index in [0.29, 0.717) is 11.4 Å². The maximum Gasteiger partial charge on any atom is 0.227 e. The van der Waals surface area contributed by atoms with Crippen molar-refractivity contribution in [2.24, 2.45) is 5.92 Å². The summed E-state index contributed by atoms with van der Waals surface area (Å²) >= 11 is 0. The molecule has 4 rings (SSSR count). The number of nitrogens with zero attached hydrogens (tertiary/aromatic N) is 1. The number of carbonyl (C=O) groups is 1. The fourth-order valence-corrected chi connectivity index (χ4v) is 3.65. The van der Waals surface area contributed by atoms with Crippen molar-refractivity contribution in [1.82, 2.24) is 4.90 Å². The van der Waals surface area contributed by atoms with Gasteiger partial charge in [-0.1, -0.05) is 12.1 Å². The molecule has 2 heterocycles. The van der Waals surface area contributed by atoms with Crippen molar-refractivity contribution in [3.8, 4) is 11.5 Å². The Balaban J connectivity index is 1.26. The summed E-state index contributed by atoms with van der Waals surface area (Å²) in [5.74, 6) is 2.19. The number of likely N-dealkylation sites (tertiary alicyclic amines) is 1. The molecule has 1 aliphatic heterocycles. The van der Waals surface area contributed by atoms with Crippen LogP contribution in [-0.2, 0) is 11.3 Å². The van der Waals surface area contributed by atoms with E-state index in [1.54, 1.807) is 42.5 Å². The van der Waals surface area contributed by atoms with Crippen molar-refractivity contribution in [3.05, 3.63) is 78.0 Å². The minimum absolute atomic E-state index is 0.00562. The number of halogens is 1. The van der Waals surface area contributed by atoms with Gasteiger partial charge in [0.1, 0.15) is 17.3 Å². The van der Waals surface area contributed by atoms with Gasteiger partial charge in [0.2, 0.25) is 5.91 Å². The lowest BCUT2D eigenvalue weighted by Crippen LogP contribution is -2.37. The molecule has 3 aromatic rings. The van der Waals surface area contributed by atoms with Crippen molar-refractivity contribution < 1.29 is 18.3 Å². The number of nitrogens with one attached hydrogen (secondary N) is 1. The molecule has 0 saturated carbocycles. The van der Waals surface area contributed by atoms with Crippen LogP contribution in [-0.4, -0.2) is 23.9 Å². The van der Waals surface area contributed by atoms with E-state index in [0.717, 1.165) is 44.0 Å². The third-order valence-electron chi connectivity index (χ3n) is 5.32. The Kier molecular flexibility index (Phi) is 6.14. The molecule has 1 aliphatic rings. The summed E-state index contributed by atoms with van der Waals surface area (Å²) in [6.07, 6.45) is 1.64. The molecule has 1 fully saturated rings. The van der Waals surface area contributed by atoms with Gasteiger partial charge in [0, 0.05) is 11.6 Å². The molecule has 0 atom stereocenters. The van der Waals surface area contributed by atoms with Crippen LogP contribution in [0.2, 0.25) is 0 Å². The lowest BCUT2D eigenvalue weighted by Gasteiger charge is -2.30. The quantitative estimate of drug-likeness (QED) is 0.596. The average Bonchev–Trinajstić information content (AvgIpc) is 3.16. The first-order valence-electron chi connectivity index (χ1n) is 10.2. The summed E-state index contributed by atoms with van der Waals surface area (Å²) in [4.78, 5) is 14.9. The molecule has 0 unspecified atom stereocenters. The number of para-hydroxylation sites is 1. The number of aryl methyl sites for hydroxylation is 1. The zero-order valence-corrected chi connectivity index (χ0v) is 16.9. The lowest BCUT2D eigenvalue weighted by molar-refractivity contribution is -0.121. The average molecular weight is 408 g/mol. The SMILES string of the molecule is Cc1ccc(CN2CCC(C(=O)Nc3ccc(Oc4ccccc4F)cc3)CC2)o1. The van der Waals surface area contributed by atoms with E-state index in [2.05, 4.69) is 10.2 Å². The summed E-state index contributed by atoms with van der Waals surface area (Å²) in [5.41, 5.74) is 0.703. The fraction of sp³-hybridized carbons (Fsp3) is 0.292. The molecule has 0 aliphatic carbocycles. The number of hydrogen-bond donors (Lipinski definition) is 1. The van der Waals surface area contributed by atoms with Gasteiger partial charge in [-0.3, -0.25) is 9.69 Å². The third kappa shape index (κ3) is 5.07. The van der Waals surface area contributed by atoms with Crippen LogP contribution < -0.4 is 10.1 Å². The molecule has 1 amide bonds. The van der Waals surface area contributed by atoms with Gasteiger partial charge in [-0.05, 0) is 81.4 Å². The fourth-order valence-electron chi connectivity index (χ4n) is 3.65. The van der Waals surface area contributed by atoms with E-state index in [4.69, 9.17) is 9.15 Å². The first-order chi connectivity index (χ1) is 14.6. The monoisotopic (exact) mass is 408 g/mol. The Bertz CT molecular complexity index is 992. The Morgan fingerprint density at radius 1 is 1.10 bits per heavy atom. The Labute approximate surface area is 175 Å². The largest absolute Gasteiger partial charge is 0.465 e. The Hall–Kier alpha value is -3.12. The molecule has 6 heteroatoms. The number of amides is 1. The first kappa shape index (κ1) is 20.2. The molecule has 0 radical (unpaired) electrons. The minimum Gasteiger partial charge on any atom is -0.465 e. The van der Waals surface area contributed by atoms with Crippen molar-refractivity contribution in [2.45, 2.75) is 26.3 Å². The van der Waals surface area contributed by atoms with E-state index in [1.165, 1.54) is 6.07 Å². The second kappa shape index (κ2) is 9.13. The van der Waals surface area contributed by atoms with Crippen LogP contribution in [0.5, 0.6) is 11.5 Å². The molecule has 5 nitrogen and oxygen atoms in total. The van der Waals surface area contributed by atoms with Crippen LogP contribution >= 0.6 is 0 Å². The van der Waals surface area contributed by atoms with Gasteiger partial charge in [-0.15, -0.1) is 0 Å². The highest BCUT2D eigenvalue weighted by molar-refractivity contribution is 5.92. The van der Waals surface area contributed by atoms with Gasteiger partial charge in [-0.25, -0.2) is 4.39 Å². The van der Waals surface area contributed by atoms with E-state index in [-0.39, 0.29) is 17.6 Å². The zero-order chi connectivity index (χ0) is 20.9. The summed E-state index contributed by atoms with van der Waals surface area (Å²) < 4.78 is 24.9. The molecular weight excluding hydrogens is 383 g/mol. The molecule has 1 aromatic heterocycles. The number of rotatable bonds is 6. The Morgan fingerprint density at radius 3 is 2.50 bits per heavy atom. The predicted molar refractivity (Wildman–Crippen MR) is 113 cm³/mol. The highest BCUT2D eigenvalue weighted by Crippen LogP contribution is 2.26. The second-order valence-corrected chi connectivity index (χ2v) is 7.61. The van der Waals surface area contributed by atoms with Gasteiger partial charge in [0.15, 0.2) is 11.6 Å². The van der Waals surface area contributed by atoms with Crippen molar-refractivity contribution in [2.75, 3.05) is 18.4 Å². The summed E-state index contributed by atoms with van der Waals surface area (Å²) in [6.45, 7) is 4.46. The lowest BCUT2D eigenvalue weighted by atomic mass is 9.95. The van der Waals surface area contributed by atoms with E-state index < -0.39 is 5.82 Å². The molecule has 2 aromatic carbocycles. The van der Waals surface area contributed by atoms with Crippen LogP contribution in [0.3, 0.4) is 0 Å².